The lowest BCUT2D eigenvalue weighted by Crippen LogP contribution is -2.23. The Kier molecular flexibility index (Phi) is 4.18. The lowest BCUT2D eigenvalue weighted by Gasteiger charge is -2.35. The summed E-state index contributed by atoms with van der Waals surface area (Å²) in [6.07, 6.45) is 0. The first-order valence-electron chi connectivity index (χ1n) is 14.1. The second-order valence-electron chi connectivity index (χ2n) is 11.8. The van der Waals surface area contributed by atoms with Crippen molar-refractivity contribution in [3.05, 3.63) is 139 Å². The van der Waals surface area contributed by atoms with Crippen molar-refractivity contribution in [3.63, 3.8) is 0 Å². The number of benzene rings is 7. The van der Waals surface area contributed by atoms with Gasteiger partial charge in [0.15, 0.2) is 0 Å². The van der Waals surface area contributed by atoms with Crippen molar-refractivity contribution in [1.82, 2.24) is 4.57 Å². The first-order chi connectivity index (χ1) is 19.6. The van der Waals surface area contributed by atoms with Crippen molar-refractivity contribution in [2.75, 3.05) is 0 Å². The van der Waals surface area contributed by atoms with E-state index in [-0.39, 0.29) is 5.41 Å². The Morgan fingerprint density at radius 3 is 2.08 bits per heavy atom. The van der Waals surface area contributed by atoms with Crippen LogP contribution in [0.2, 0.25) is 0 Å². The van der Waals surface area contributed by atoms with Crippen molar-refractivity contribution < 1.29 is 0 Å². The summed E-state index contributed by atoms with van der Waals surface area (Å²) in [5, 5.41) is 10.5. The molecule has 0 N–H and O–H groups in total. The molecule has 0 radical (unpaired) electrons. The van der Waals surface area contributed by atoms with Crippen molar-refractivity contribution in [3.8, 4) is 16.8 Å². The van der Waals surface area contributed by atoms with Gasteiger partial charge >= 0.3 is 0 Å². The van der Waals surface area contributed by atoms with Gasteiger partial charge in [-0.15, -0.1) is 0 Å². The Morgan fingerprint density at radius 2 is 1.18 bits per heavy atom. The molecule has 0 bridgehead atoms. The third-order valence-electron chi connectivity index (χ3n) is 9.32. The fourth-order valence-corrected chi connectivity index (χ4v) is 7.49. The van der Waals surface area contributed by atoms with Crippen LogP contribution in [0, 0.1) is 0 Å². The molecule has 1 aliphatic rings. The minimum absolute atomic E-state index is 0.0738. The zero-order valence-corrected chi connectivity index (χ0v) is 22.6. The first-order valence-corrected chi connectivity index (χ1v) is 14.1. The highest BCUT2D eigenvalue weighted by atomic mass is 15.0. The molecule has 0 unspecified atom stereocenters. The molecule has 40 heavy (non-hydrogen) atoms. The van der Waals surface area contributed by atoms with Gasteiger partial charge in [0.2, 0.25) is 0 Å². The summed E-state index contributed by atoms with van der Waals surface area (Å²) in [6.45, 7) is 4.75. The standard InChI is InChI=1S/C39H27N/c1-39(2)31-16-8-7-15-30(31)37-35-27(13-9-17-32(35)39)23-34-38(37)36-29-14-6-5-11-25(29)19-21-33(36)40(34)28-20-18-24-10-3-4-12-26(24)22-28/h3-23H,1-2H3. The minimum Gasteiger partial charge on any atom is -0.309 e. The molecule has 0 saturated heterocycles. The van der Waals surface area contributed by atoms with E-state index >= 15 is 0 Å². The van der Waals surface area contributed by atoms with Crippen LogP contribution in [-0.4, -0.2) is 4.57 Å². The highest BCUT2D eigenvalue weighted by molar-refractivity contribution is 6.30. The fourth-order valence-electron chi connectivity index (χ4n) is 7.49. The van der Waals surface area contributed by atoms with Crippen LogP contribution in [0.5, 0.6) is 0 Å². The van der Waals surface area contributed by atoms with Gasteiger partial charge in [-0.05, 0) is 73.3 Å². The van der Waals surface area contributed by atoms with Gasteiger partial charge in [-0.3, -0.25) is 0 Å². The normalized spacial score (nSPS) is 13.9. The average Bonchev–Trinajstić information content (AvgIpc) is 3.33. The Bertz CT molecular complexity index is 2350. The van der Waals surface area contributed by atoms with Gasteiger partial charge in [0, 0.05) is 27.4 Å². The van der Waals surface area contributed by atoms with Gasteiger partial charge in [-0.2, -0.15) is 0 Å². The van der Waals surface area contributed by atoms with Crippen LogP contribution in [0.15, 0.2) is 127 Å². The third-order valence-corrected chi connectivity index (χ3v) is 9.32. The van der Waals surface area contributed by atoms with Crippen molar-refractivity contribution in [2.45, 2.75) is 19.3 Å². The molecule has 0 atom stereocenters. The van der Waals surface area contributed by atoms with E-state index < -0.39 is 0 Å². The Morgan fingerprint density at radius 1 is 0.475 bits per heavy atom. The summed E-state index contributed by atoms with van der Waals surface area (Å²) in [5.41, 5.74) is 9.17. The van der Waals surface area contributed by atoms with Gasteiger partial charge in [0.25, 0.3) is 0 Å². The third kappa shape index (κ3) is 2.72. The van der Waals surface area contributed by atoms with Crippen LogP contribution >= 0.6 is 0 Å². The molecule has 1 aliphatic carbocycles. The predicted molar refractivity (Wildman–Crippen MR) is 171 cm³/mol. The van der Waals surface area contributed by atoms with E-state index in [0.29, 0.717) is 0 Å². The molecule has 1 heteroatoms. The van der Waals surface area contributed by atoms with E-state index in [1.165, 1.54) is 82.1 Å². The molecule has 1 heterocycles. The molecule has 0 amide bonds. The fraction of sp³-hybridized carbons (Fsp3) is 0.0769. The van der Waals surface area contributed by atoms with Gasteiger partial charge in [-0.1, -0.05) is 117 Å². The van der Waals surface area contributed by atoms with Gasteiger partial charge < -0.3 is 4.57 Å². The summed E-state index contributed by atoms with van der Waals surface area (Å²) in [4.78, 5) is 0. The van der Waals surface area contributed by atoms with E-state index in [1.54, 1.807) is 0 Å². The second-order valence-corrected chi connectivity index (χ2v) is 11.8. The molecule has 0 aliphatic heterocycles. The van der Waals surface area contributed by atoms with Crippen LogP contribution in [0.4, 0.5) is 0 Å². The maximum absolute atomic E-state index is 2.49. The Hall–Kier alpha value is -4.88. The zero-order chi connectivity index (χ0) is 26.6. The number of nitrogens with zero attached hydrogens (tertiary/aromatic N) is 1. The quantitative estimate of drug-likeness (QED) is 0.207. The molecule has 0 fully saturated rings. The van der Waals surface area contributed by atoms with Gasteiger partial charge in [0.1, 0.15) is 0 Å². The summed E-state index contributed by atoms with van der Waals surface area (Å²) < 4.78 is 2.49. The molecule has 0 saturated carbocycles. The molecule has 1 aromatic heterocycles. The van der Waals surface area contributed by atoms with E-state index in [0.717, 1.165) is 0 Å². The summed E-state index contributed by atoms with van der Waals surface area (Å²) in [7, 11) is 0. The van der Waals surface area contributed by atoms with Crippen LogP contribution in [0.25, 0.3) is 70.9 Å². The van der Waals surface area contributed by atoms with Gasteiger partial charge in [0.05, 0.1) is 11.0 Å². The highest BCUT2D eigenvalue weighted by Gasteiger charge is 2.35. The van der Waals surface area contributed by atoms with Crippen LogP contribution in [0.3, 0.4) is 0 Å². The monoisotopic (exact) mass is 509 g/mol. The number of rotatable bonds is 1. The molecular formula is C39H27N. The predicted octanol–water partition coefficient (Wildman–Crippen LogP) is 10.5. The van der Waals surface area contributed by atoms with Crippen molar-refractivity contribution in [1.29, 1.82) is 0 Å². The summed E-state index contributed by atoms with van der Waals surface area (Å²) in [5.74, 6) is 0. The number of hydrogen-bond acceptors (Lipinski definition) is 0. The minimum atomic E-state index is -0.0738. The highest BCUT2D eigenvalue weighted by Crippen LogP contribution is 2.53. The SMILES string of the molecule is CC1(C)c2ccccc2-c2c3c1cccc3cc1c2c2c3ccccc3ccc2n1-c1ccc2ccccc2c1. The first kappa shape index (κ1) is 22.0. The van der Waals surface area contributed by atoms with Crippen LogP contribution in [-0.2, 0) is 5.41 Å². The van der Waals surface area contributed by atoms with E-state index in [1.807, 2.05) is 0 Å². The van der Waals surface area contributed by atoms with Crippen molar-refractivity contribution >= 4 is 54.1 Å². The largest absolute Gasteiger partial charge is 0.309 e. The summed E-state index contributed by atoms with van der Waals surface area (Å²) >= 11 is 0. The maximum Gasteiger partial charge on any atom is 0.0553 e. The molecule has 7 aromatic carbocycles. The maximum atomic E-state index is 2.49. The molecular weight excluding hydrogens is 482 g/mol. The average molecular weight is 510 g/mol. The Balaban J connectivity index is 1.58. The molecule has 188 valence electrons. The van der Waals surface area contributed by atoms with E-state index in [4.69, 9.17) is 0 Å². The lowest BCUT2D eigenvalue weighted by molar-refractivity contribution is 0.645. The Labute approximate surface area is 232 Å². The van der Waals surface area contributed by atoms with Crippen LogP contribution in [0.1, 0.15) is 25.0 Å². The van der Waals surface area contributed by atoms with E-state index in [9.17, 15) is 0 Å². The zero-order valence-electron chi connectivity index (χ0n) is 22.6. The van der Waals surface area contributed by atoms with Crippen molar-refractivity contribution in [2.24, 2.45) is 0 Å². The number of fused-ring (bicyclic) bond motifs is 9. The molecule has 0 spiro atoms. The van der Waals surface area contributed by atoms with Gasteiger partial charge in [-0.25, -0.2) is 0 Å². The lowest BCUT2D eigenvalue weighted by atomic mass is 9.68. The summed E-state index contributed by atoms with van der Waals surface area (Å²) in [6, 6.07) is 47.4. The van der Waals surface area contributed by atoms with E-state index in [2.05, 4.69) is 146 Å². The van der Waals surface area contributed by atoms with Crippen LogP contribution < -0.4 is 0 Å². The molecule has 8 aromatic rings. The number of hydrogen-bond donors (Lipinski definition) is 0. The second kappa shape index (κ2) is 7.61. The molecule has 9 rings (SSSR count). The number of aromatic nitrogens is 1. The smallest absolute Gasteiger partial charge is 0.0553 e. The topological polar surface area (TPSA) is 4.93 Å². The molecule has 1 nitrogen and oxygen atoms in total.